The predicted octanol–water partition coefficient (Wildman–Crippen LogP) is 3.09. The highest BCUT2D eigenvalue weighted by atomic mass is 16.5. The van der Waals surface area contributed by atoms with Gasteiger partial charge in [0.2, 0.25) is 0 Å². The average molecular weight is 348 g/mol. The number of rotatable bonds is 7. The third-order valence-electron chi connectivity index (χ3n) is 4.84. The van der Waals surface area contributed by atoms with E-state index in [1.54, 1.807) is 12.4 Å². The minimum Gasteiger partial charge on any atom is -0.374 e. The van der Waals surface area contributed by atoms with Crippen molar-refractivity contribution in [3.8, 4) is 0 Å². The van der Waals surface area contributed by atoms with Gasteiger partial charge >= 0.3 is 0 Å². The van der Waals surface area contributed by atoms with E-state index in [0.717, 1.165) is 31.6 Å². The Balaban J connectivity index is 1.35. The van der Waals surface area contributed by atoms with Gasteiger partial charge in [-0.05, 0) is 35.7 Å². The molecule has 1 aromatic carbocycles. The van der Waals surface area contributed by atoms with E-state index < -0.39 is 0 Å². The molecule has 0 saturated heterocycles. The molecule has 1 aliphatic rings. The normalized spacial score (nSPS) is 17.2. The fourth-order valence-electron chi connectivity index (χ4n) is 3.48. The van der Waals surface area contributed by atoms with E-state index in [1.165, 1.54) is 11.3 Å². The average Bonchev–Trinajstić information content (AvgIpc) is 3.17. The first-order chi connectivity index (χ1) is 12.9. The van der Waals surface area contributed by atoms with Gasteiger partial charge in [0.1, 0.15) is 0 Å². The van der Waals surface area contributed by atoms with Crippen molar-refractivity contribution in [3.05, 3.63) is 83.9 Å². The summed E-state index contributed by atoms with van der Waals surface area (Å²) in [5.74, 6) is 0. The molecule has 0 aliphatic carbocycles. The van der Waals surface area contributed by atoms with Gasteiger partial charge in [-0.25, -0.2) is 0 Å². The standard InChI is InChI=1S/C21H24N4O/c1-2-4-18(5-3-1)9-13-24-14-20-8-12-23-25(20)21(15-24)17-26-16-19-6-10-22-11-7-19/h1-8,10-12,21H,9,13-17H2/t21-/m0/s1. The zero-order chi connectivity index (χ0) is 17.6. The van der Waals surface area contributed by atoms with Crippen LogP contribution in [0.3, 0.4) is 0 Å². The van der Waals surface area contributed by atoms with Crippen LogP contribution in [0.15, 0.2) is 67.1 Å². The van der Waals surface area contributed by atoms with Gasteiger partial charge in [0.25, 0.3) is 0 Å². The zero-order valence-corrected chi connectivity index (χ0v) is 14.9. The lowest BCUT2D eigenvalue weighted by Gasteiger charge is -2.33. The number of hydrogen-bond acceptors (Lipinski definition) is 4. The molecule has 134 valence electrons. The summed E-state index contributed by atoms with van der Waals surface area (Å²) in [4.78, 5) is 6.55. The molecule has 0 amide bonds. The molecule has 4 rings (SSSR count). The largest absolute Gasteiger partial charge is 0.374 e. The fourth-order valence-corrected chi connectivity index (χ4v) is 3.48. The van der Waals surface area contributed by atoms with Gasteiger partial charge < -0.3 is 4.74 Å². The van der Waals surface area contributed by atoms with Crippen LogP contribution < -0.4 is 0 Å². The van der Waals surface area contributed by atoms with Gasteiger partial charge in [0.05, 0.1) is 24.9 Å². The Labute approximate surface area is 154 Å². The molecular formula is C21H24N4O. The second-order valence-corrected chi connectivity index (χ2v) is 6.76. The molecule has 0 fully saturated rings. The number of hydrogen-bond donors (Lipinski definition) is 0. The molecule has 5 nitrogen and oxygen atoms in total. The fraction of sp³-hybridized carbons (Fsp3) is 0.333. The summed E-state index contributed by atoms with van der Waals surface area (Å²) in [6, 6.07) is 17.0. The molecule has 26 heavy (non-hydrogen) atoms. The summed E-state index contributed by atoms with van der Waals surface area (Å²) in [6.45, 7) is 4.25. The van der Waals surface area contributed by atoms with Crippen LogP contribution in [0, 0.1) is 0 Å². The first-order valence-corrected chi connectivity index (χ1v) is 9.14. The van der Waals surface area contributed by atoms with E-state index in [4.69, 9.17) is 4.74 Å². The number of aromatic nitrogens is 3. The van der Waals surface area contributed by atoms with Gasteiger partial charge in [0.15, 0.2) is 0 Å². The Morgan fingerprint density at radius 2 is 1.81 bits per heavy atom. The van der Waals surface area contributed by atoms with Crippen LogP contribution >= 0.6 is 0 Å². The van der Waals surface area contributed by atoms with E-state index in [-0.39, 0.29) is 6.04 Å². The highest BCUT2D eigenvalue weighted by Gasteiger charge is 2.25. The van der Waals surface area contributed by atoms with Crippen LogP contribution in [-0.4, -0.2) is 39.4 Å². The first kappa shape index (κ1) is 16.9. The Morgan fingerprint density at radius 3 is 2.65 bits per heavy atom. The van der Waals surface area contributed by atoms with Crippen molar-refractivity contribution in [2.45, 2.75) is 25.6 Å². The van der Waals surface area contributed by atoms with Crippen LogP contribution in [0.2, 0.25) is 0 Å². The van der Waals surface area contributed by atoms with E-state index in [9.17, 15) is 0 Å². The number of benzene rings is 1. The smallest absolute Gasteiger partial charge is 0.0883 e. The minimum absolute atomic E-state index is 0.256. The van der Waals surface area contributed by atoms with Crippen molar-refractivity contribution in [3.63, 3.8) is 0 Å². The molecule has 0 saturated carbocycles. The van der Waals surface area contributed by atoms with Crippen LogP contribution in [-0.2, 0) is 24.3 Å². The maximum Gasteiger partial charge on any atom is 0.0883 e. The number of nitrogens with zero attached hydrogens (tertiary/aromatic N) is 4. The number of pyridine rings is 1. The zero-order valence-electron chi connectivity index (χ0n) is 14.9. The van der Waals surface area contributed by atoms with Gasteiger partial charge in [0, 0.05) is 38.2 Å². The van der Waals surface area contributed by atoms with Crippen molar-refractivity contribution in [1.29, 1.82) is 0 Å². The number of ether oxygens (including phenoxy) is 1. The maximum absolute atomic E-state index is 5.98. The highest BCUT2D eigenvalue weighted by Crippen LogP contribution is 2.21. The molecule has 1 atom stereocenters. The van der Waals surface area contributed by atoms with E-state index in [0.29, 0.717) is 13.2 Å². The quantitative estimate of drug-likeness (QED) is 0.658. The molecule has 0 radical (unpaired) electrons. The van der Waals surface area contributed by atoms with Crippen molar-refractivity contribution < 1.29 is 4.74 Å². The summed E-state index contributed by atoms with van der Waals surface area (Å²) in [5.41, 5.74) is 3.80. The van der Waals surface area contributed by atoms with E-state index >= 15 is 0 Å². The summed E-state index contributed by atoms with van der Waals surface area (Å²) >= 11 is 0. The highest BCUT2D eigenvalue weighted by molar-refractivity contribution is 5.15. The van der Waals surface area contributed by atoms with Gasteiger partial charge in [-0.15, -0.1) is 0 Å². The molecule has 5 heteroatoms. The van der Waals surface area contributed by atoms with Crippen LogP contribution in [0.4, 0.5) is 0 Å². The molecule has 0 spiro atoms. The minimum atomic E-state index is 0.256. The summed E-state index contributed by atoms with van der Waals surface area (Å²) in [6.07, 6.45) is 6.57. The predicted molar refractivity (Wildman–Crippen MR) is 101 cm³/mol. The summed E-state index contributed by atoms with van der Waals surface area (Å²) in [5, 5.41) is 4.52. The summed E-state index contributed by atoms with van der Waals surface area (Å²) < 4.78 is 8.11. The monoisotopic (exact) mass is 348 g/mol. The second kappa shape index (κ2) is 8.25. The molecule has 3 aromatic rings. The molecule has 0 unspecified atom stereocenters. The first-order valence-electron chi connectivity index (χ1n) is 9.14. The van der Waals surface area contributed by atoms with Crippen molar-refractivity contribution in [2.24, 2.45) is 0 Å². The Morgan fingerprint density at radius 1 is 0.962 bits per heavy atom. The van der Waals surface area contributed by atoms with Gasteiger partial charge in [-0.1, -0.05) is 30.3 Å². The van der Waals surface area contributed by atoms with E-state index in [1.807, 2.05) is 18.3 Å². The van der Waals surface area contributed by atoms with Gasteiger partial charge in [-0.3, -0.25) is 14.6 Å². The molecule has 1 aliphatic heterocycles. The van der Waals surface area contributed by atoms with Crippen LogP contribution in [0.25, 0.3) is 0 Å². The topological polar surface area (TPSA) is 43.2 Å². The number of fused-ring (bicyclic) bond motifs is 1. The lowest BCUT2D eigenvalue weighted by molar-refractivity contribution is 0.0556. The van der Waals surface area contributed by atoms with Crippen LogP contribution in [0.1, 0.15) is 22.9 Å². The SMILES string of the molecule is c1ccc(CCN2Cc3ccnn3[C@H](COCc3ccncc3)C2)cc1. The molecule has 0 bridgehead atoms. The molecule has 2 aromatic heterocycles. The molecule has 3 heterocycles. The third-order valence-corrected chi connectivity index (χ3v) is 4.84. The lowest BCUT2D eigenvalue weighted by Crippen LogP contribution is -2.40. The van der Waals surface area contributed by atoms with E-state index in [2.05, 4.69) is 56.1 Å². The third kappa shape index (κ3) is 4.18. The lowest BCUT2D eigenvalue weighted by atomic mass is 10.1. The molecular weight excluding hydrogens is 324 g/mol. The summed E-state index contributed by atoms with van der Waals surface area (Å²) in [7, 11) is 0. The van der Waals surface area contributed by atoms with Crippen molar-refractivity contribution in [2.75, 3.05) is 19.7 Å². The van der Waals surface area contributed by atoms with Crippen LogP contribution in [0.5, 0.6) is 0 Å². The molecule has 0 N–H and O–H groups in total. The Hall–Kier alpha value is -2.50. The maximum atomic E-state index is 5.98. The van der Waals surface area contributed by atoms with Crippen molar-refractivity contribution >= 4 is 0 Å². The Kier molecular flexibility index (Phi) is 5.38. The Bertz CT molecular complexity index is 803. The van der Waals surface area contributed by atoms with Gasteiger partial charge in [-0.2, -0.15) is 5.10 Å². The van der Waals surface area contributed by atoms with Crippen molar-refractivity contribution in [1.82, 2.24) is 19.7 Å². The second-order valence-electron chi connectivity index (χ2n) is 6.76.